The molecule has 20 heavy (non-hydrogen) atoms. The number of rotatable bonds is 4. The van der Waals surface area contributed by atoms with Crippen LogP contribution in [-0.4, -0.2) is 51.7 Å². The third kappa shape index (κ3) is 2.47. The number of fused-ring (bicyclic) bond motifs is 2. The van der Waals surface area contributed by atoms with E-state index in [9.17, 15) is 0 Å². The summed E-state index contributed by atoms with van der Waals surface area (Å²) in [7, 11) is 4.16. The second-order valence-electron chi connectivity index (χ2n) is 5.94. The van der Waals surface area contributed by atoms with Crippen LogP contribution in [0.25, 0.3) is 5.78 Å². The van der Waals surface area contributed by atoms with Crippen molar-refractivity contribution in [3.63, 3.8) is 0 Å². The summed E-state index contributed by atoms with van der Waals surface area (Å²) in [6.07, 6.45) is 4.91. The average Bonchev–Trinajstić information content (AvgIpc) is 2.85. The van der Waals surface area contributed by atoms with Crippen molar-refractivity contribution in [2.45, 2.75) is 26.2 Å². The van der Waals surface area contributed by atoms with Crippen LogP contribution in [0.4, 0.5) is 5.82 Å². The van der Waals surface area contributed by atoms with Gasteiger partial charge in [0.05, 0.1) is 5.69 Å². The van der Waals surface area contributed by atoms with Crippen LogP contribution in [0.2, 0.25) is 0 Å². The minimum Gasteiger partial charge on any atom is -0.368 e. The summed E-state index contributed by atoms with van der Waals surface area (Å²) in [5.41, 5.74) is 2.51. The van der Waals surface area contributed by atoms with Crippen LogP contribution in [0.5, 0.6) is 0 Å². The Morgan fingerprint density at radius 3 is 3.10 bits per heavy atom. The summed E-state index contributed by atoms with van der Waals surface area (Å²) >= 11 is 0. The van der Waals surface area contributed by atoms with E-state index in [2.05, 4.69) is 46.3 Å². The van der Waals surface area contributed by atoms with Crippen LogP contribution < -0.4 is 5.32 Å². The van der Waals surface area contributed by atoms with E-state index in [0.29, 0.717) is 11.7 Å². The molecule has 0 amide bonds. The van der Waals surface area contributed by atoms with Crippen LogP contribution in [0.1, 0.15) is 24.6 Å². The molecule has 6 nitrogen and oxygen atoms in total. The van der Waals surface area contributed by atoms with Gasteiger partial charge in [-0.1, -0.05) is 6.92 Å². The van der Waals surface area contributed by atoms with E-state index in [1.54, 1.807) is 6.33 Å². The zero-order chi connectivity index (χ0) is 14.1. The molecule has 0 saturated heterocycles. The Balaban J connectivity index is 1.97. The number of anilines is 1. The van der Waals surface area contributed by atoms with Crippen molar-refractivity contribution < 1.29 is 0 Å². The monoisotopic (exact) mass is 274 g/mol. The molecule has 108 valence electrons. The molecule has 0 bridgehead atoms. The van der Waals surface area contributed by atoms with Gasteiger partial charge >= 0.3 is 0 Å². The van der Waals surface area contributed by atoms with Gasteiger partial charge in [-0.2, -0.15) is 14.6 Å². The standard InChI is InChI=1S/C14H22N6/c1-10-4-5-11-12(8-10)18-14-16-9-17-20(14)13(11)15-6-7-19(2)3/h9-10,15H,4-8H2,1-3H3/t10-/m0/s1. The van der Waals surface area contributed by atoms with Gasteiger partial charge in [-0.3, -0.25) is 0 Å². The second kappa shape index (κ2) is 5.36. The second-order valence-corrected chi connectivity index (χ2v) is 5.94. The van der Waals surface area contributed by atoms with Crippen molar-refractivity contribution in [1.29, 1.82) is 0 Å². The maximum absolute atomic E-state index is 4.67. The smallest absolute Gasteiger partial charge is 0.254 e. The highest BCUT2D eigenvalue weighted by molar-refractivity contribution is 5.53. The van der Waals surface area contributed by atoms with E-state index in [4.69, 9.17) is 0 Å². The molecule has 2 aromatic heterocycles. The van der Waals surface area contributed by atoms with Crippen molar-refractivity contribution in [1.82, 2.24) is 24.5 Å². The minimum atomic E-state index is 0.699. The minimum absolute atomic E-state index is 0.699. The molecule has 3 rings (SSSR count). The fraction of sp³-hybridized carbons (Fsp3) is 0.643. The van der Waals surface area contributed by atoms with Crippen LogP contribution in [0, 0.1) is 5.92 Å². The van der Waals surface area contributed by atoms with Crippen molar-refractivity contribution in [2.24, 2.45) is 5.92 Å². The van der Waals surface area contributed by atoms with Crippen molar-refractivity contribution in [3.05, 3.63) is 17.6 Å². The summed E-state index contributed by atoms with van der Waals surface area (Å²) in [5, 5.41) is 7.84. The molecule has 0 aliphatic heterocycles. The summed E-state index contributed by atoms with van der Waals surface area (Å²) < 4.78 is 1.84. The molecule has 0 radical (unpaired) electrons. The van der Waals surface area contributed by atoms with Gasteiger partial charge in [0.1, 0.15) is 12.1 Å². The highest BCUT2D eigenvalue weighted by Gasteiger charge is 2.22. The molecule has 2 heterocycles. The molecule has 0 aromatic carbocycles. The number of hydrogen-bond donors (Lipinski definition) is 1. The summed E-state index contributed by atoms with van der Waals surface area (Å²) in [6, 6.07) is 0. The first-order valence-corrected chi connectivity index (χ1v) is 7.25. The van der Waals surface area contributed by atoms with Gasteiger partial charge in [0.2, 0.25) is 0 Å². The third-order valence-corrected chi connectivity index (χ3v) is 3.89. The number of aromatic nitrogens is 4. The zero-order valence-electron chi connectivity index (χ0n) is 12.4. The van der Waals surface area contributed by atoms with Gasteiger partial charge in [-0.15, -0.1) is 0 Å². The van der Waals surface area contributed by atoms with Crippen molar-refractivity contribution in [2.75, 3.05) is 32.5 Å². The molecule has 1 aliphatic rings. The normalized spacial score (nSPS) is 18.5. The van der Waals surface area contributed by atoms with Crippen LogP contribution >= 0.6 is 0 Å². The molecular weight excluding hydrogens is 252 g/mol. The molecule has 0 unspecified atom stereocenters. The maximum atomic E-state index is 4.67. The van der Waals surface area contributed by atoms with Crippen LogP contribution in [-0.2, 0) is 12.8 Å². The molecule has 2 aromatic rings. The Kier molecular flexibility index (Phi) is 3.56. The van der Waals surface area contributed by atoms with Gasteiger partial charge in [-0.25, -0.2) is 4.98 Å². The largest absolute Gasteiger partial charge is 0.368 e. The average molecular weight is 274 g/mol. The van der Waals surface area contributed by atoms with Crippen LogP contribution in [0.3, 0.4) is 0 Å². The highest BCUT2D eigenvalue weighted by atomic mass is 15.4. The molecule has 1 N–H and O–H groups in total. The topological polar surface area (TPSA) is 58.4 Å². The predicted octanol–water partition coefficient (Wildman–Crippen LogP) is 1.22. The van der Waals surface area contributed by atoms with E-state index in [0.717, 1.165) is 31.7 Å². The fourth-order valence-electron chi connectivity index (χ4n) is 2.76. The molecular formula is C14H22N6. The van der Waals surface area contributed by atoms with Crippen LogP contribution in [0.15, 0.2) is 6.33 Å². The Bertz CT molecular complexity index is 603. The van der Waals surface area contributed by atoms with Crippen molar-refractivity contribution in [3.8, 4) is 0 Å². The van der Waals surface area contributed by atoms with Gasteiger partial charge in [0.25, 0.3) is 5.78 Å². The lowest BCUT2D eigenvalue weighted by Crippen LogP contribution is -2.24. The Morgan fingerprint density at radius 2 is 2.30 bits per heavy atom. The quantitative estimate of drug-likeness (QED) is 0.908. The lowest BCUT2D eigenvalue weighted by atomic mass is 9.88. The van der Waals surface area contributed by atoms with E-state index >= 15 is 0 Å². The molecule has 0 saturated carbocycles. The zero-order valence-corrected chi connectivity index (χ0v) is 12.4. The lowest BCUT2D eigenvalue weighted by molar-refractivity contribution is 0.424. The number of likely N-dealkylation sites (N-methyl/N-ethyl adjacent to an activating group) is 1. The Labute approximate surface area is 119 Å². The van der Waals surface area contributed by atoms with Gasteiger partial charge in [-0.05, 0) is 39.3 Å². The molecule has 1 atom stereocenters. The fourth-order valence-corrected chi connectivity index (χ4v) is 2.76. The molecule has 0 spiro atoms. The predicted molar refractivity (Wildman–Crippen MR) is 79.0 cm³/mol. The SMILES string of the molecule is C[C@H]1CCc2c(nc3ncnn3c2NCCN(C)C)C1. The van der Waals surface area contributed by atoms with Crippen molar-refractivity contribution >= 4 is 11.6 Å². The Morgan fingerprint density at radius 1 is 1.45 bits per heavy atom. The summed E-state index contributed by atoms with van der Waals surface area (Å²) in [5.74, 6) is 2.48. The van der Waals surface area contributed by atoms with E-state index in [1.807, 2.05) is 4.52 Å². The Hall–Kier alpha value is -1.69. The summed E-state index contributed by atoms with van der Waals surface area (Å²) in [4.78, 5) is 11.1. The van der Waals surface area contributed by atoms with Gasteiger partial charge in [0, 0.05) is 18.7 Å². The van der Waals surface area contributed by atoms with Gasteiger partial charge < -0.3 is 10.2 Å². The van der Waals surface area contributed by atoms with Gasteiger partial charge in [0.15, 0.2) is 0 Å². The number of nitrogens with one attached hydrogen (secondary N) is 1. The first kappa shape index (κ1) is 13.3. The molecule has 1 aliphatic carbocycles. The first-order chi connectivity index (χ1) is 9.65. The van der Waals surface area contributed by atoms with E-state index < -0.39 is 0 Å². The number of nitrogens with zero attached hydrogens (tertiary/aromatic N) is 5. The number of hydrogen-bond acceptors (Lipinski definition) is 5. The molecule has 6 heteroatoms. The highest BCUT2D eigenvalue weighted by Crippen LogP contribution is 2.29. The maximum Gasteiger partial charge on any atom is 0.254 e. The lowest BCUT2D eigenvalue weighted by Gasteiger charge is -2.24. The van der Waals surface area contributed by atoms with E-state index in [1.165, 1.54) is 17.7 Å². The molecule has 0 fully saturated rings. The van der Waals surface area contributed by atoms with E-state index in [-0.39, 0.29) is 0 Å². The summed E-state index contributed by atoms with van der Waals surface area (Å²) in [6.45, 7) is 4.18. The third-order valence-electron chi connectivity index (χ3n) is 3.89. The first-order valence-electron chi connectivity index (χ1n) is 7.25.